The third kappa shape index (κ3) is 4.61. The van der Waals surface area contributed by atoms with E-state index in [4.69, 9.17) is 4.42 Å². The lowest BCUT2D eigenvalue weighted by Crippen LogP contribution is -2.30. The second kappa shape index (κ2) is 9.74. The number of carbonyl (C=O) groups excluding carboxylic acids is 2. The summed E-state index contributed by atoms with van der Waals surface area (Å²) in [7, 11) is 1.58. The molecule has 2 aromatic carbocycles. The second-order valence-electron chi connectivity index (χ2n) is 7.97. The number of aryl methyl sites for hydroxylation is 2. The van der Waals surface area contributed by atoms with Gasteiger partial charge in [-0.25, -0.2) is 4.98 Å². The molecule has 1 N–H and O–H groups in total. The minimum absolute atomic E-state index is 0.131. The molecular weight excluding hydrogens is 432 g/mol. The summed E-state index contributed by atoms with van der Waals surface area (Å²) in [5.74, 6) is 0.298. The van der Waals surface area contributed by atoms with Crippen molar-refractivity contribution in [3.63, 3.8) is 0 Å². The summed E-state index contributed by atoms with van der Waals surface area (Å²) in [5, 5.41) is 2.60. The fourth-order valence-corrected chi connectivity index (χ4v) is 3.92. The van der Waals surface area contributed by atoms with E-state index in [1.165, 1.54) is 0 Å². The molecule has 0 bridgehead atoms. The zero-order valence-corrected chi connectivity index (χ0v) is 19.4. The summed E-state index contributed by atoms with van der Waals surface area (Å²) in [6.45, 7) is 4.70. The van der Waals surface area contributed by atoms with E-state index < -0.39 is 0 Å². The lowest BCUT2D eigenvalue weighted by atomic mass is 10.1. The van der Waals surface area contributed by atoms with E-state index in [0.29, 0.717) is 46.7 Å². The average molecular weight is 459 g/mol. The number of fused-ring (bicyclic) bond motifs is 1. The fourth-order valence-electron chi connectivity index (χ4n) is 3.92. The molecule has 0 fully saturated rings. The predicted molar refractivity (Wildman–Crippen MR) is 129 cm³/mol. The number of aromatic nitrogens is 2. The number of carbonyl (C=O) groups is 2. The first-order chi connectivity index (χ1) is 16.4. The SMILES string of the molecule is CCn1c(=O)c(C)nc2cc(C(=O)N(Cc3ccc(C(=O)NC)cc3)Cc3ccco3)ccc21. The molecule has 4 rings (SSSR count). The van der Waals surface area contributed by atoms with Crippen LogP contribution >= 0.6 is 0 Å². The van der Waals surface area contributed by atoms with Crippen molar-refractivity contribution in [1.29, 1.82) is 0 Å². The van der Waals surface area contributed by atoms with E-state index in [1.807, 2.05) is 25.1 Å². The highest BCUT2D eigenvalue weighted by Crippen LogP contribution is 2.19. The molecule has 34 heavy (non-hydrogen) atoms. The molecular formula is C26H26N4O4. The maximum Gasteiger partial charge on any atom is 0.272 e. The summed E-state index contributed by atoms with van der Waals surface area (Å²) in [5.41, 5.74) is 3.44. The molecule has 8 nitrogen and oxygen atoms in total. The molecule has 0 aliphatic heterocycles. The van der Waals surface area contributed by atoms with E-state index in [9.17, 15) is 14.4 Å². The molecule has 0 aliphatic rings. The molecule has 4 aromatic rings. The lowest BCUT2D eigenvalue weighted by molar-refractivity contribution is 0.0717. The van der Waals surface area contributed by atoms with Crippen LogP contribution in [0.5, 0.6) is 0 Å². The van der Waals surface area contributed by atoms with E-state index in [1.54, 1.807) is 66.1 Å². The van der Waals surface area contributed by atoms with Crippen molar-refractivity contribution >= 4 is 22.8 Å². The maximum absolute atomic E-state index is 13.6. The summed E-state index contributed by atoms with van der Waals surface area (Å²) >= 11 is 0. The van der Waals surface area contributed by atoms with Crippen LogP contribution in [-0.2, 0) is 19.6 Å². The van der Waals surface area contributed by atoms with Gasteiger partial charge < -0.3 is 19.2 Å². The van der Waals surface area contributed by atoms with Crippen molar-refractivity contribution in [3.05, 3.63) is 99.4 Å². The number of nitrogens with one attached hydrogen (secondary N) is 1. The van der Waals surface area contributed by atoms with Crippen LogP contribution in [0.3, 0.4) is 0 Å². The van der Waals surface area contributed by atoms with Gasteiger partial charge in [0.15, 0.2) is 0 Å². The minimum atomic E-state index is -0.192. The molecule has 2 aromatic heterocycles. The number of benzene rings is 2. The standard InChI is InChI=1S/C26H26N4O4/c1-4-30-23-12-11-20(14-22(23)28-17(2)25(30)32)26(33)29(16-21-6-5-13-34-21)15-18-7-9-19(10-8-18)24(31)27-3/h5-14H,4,15-16H2,1-3H3,(H,27,31). The van der Waals surface area contributed by atoms with Gasteiger partial charge in [0.1, 0.15) is 11.5 Å². The number of hydrogen-bond donors (Lipinski definition) is 1. The van der Waals surface area contributed by atoms with Gasteiger partial charge in [-0.05, 0) is 61.9 Å². The van der Waals surface area contributed by atoms with E-state index in [0.717, 1.165) is 5.56 Å². The van der Waals surface area contributed by atoms with Crippen LogP contribution in [0.15, 0.2) is 70.1 Å². The summed E-state index contributed by atoms with van der Waals surface area (Å²) < 4.78 is 7.14. The molecule has 174 valence electrons. The van der Waals surface area contributed by atoms with Crippen molar-refractivity contribution in [2.75, 3.05) is 7.05 Å². The highest BCUT2D eigenvalue weighted by molar-refractivity contribution is 5.97. The number of amides is 2. The molecule has 2 heterocycles. The highest BCUT2D eigenvalue weighted by Gasteiger charge is 2.20. The molecule has 0 radical (unpaired) electrons. The first kappa shape index (κ1) is 23.0. The molecule has 0 unspecified atom stereocenters. The van der Waals surface area contributed by atoms with Gasteiger partial charge in [-0.2, -0.15) is 0 Å². The quantitative estimate of drug-likeness (QED) is 0.457. The van der Waals surface area contributed by atoms with Crippen LogP contribution in [0.1, 0.15) is 44.7 Å². The van der Waals surface area contributed by atoms with Crippen molar-refractivity contribution in [1.82, 2.24) is 19.8 Å². The number of nitrogens with zero attached hydrogens (tertiary/aromatic N) is 3. The third-order valence-corrected chi connectivity index (χ3v) is 5.70. The van der Waals surface area contributed by atoms with Gasteiger partial charge in [0, 0.05) is 31.3 Å². The fraction of sp³-hybridized carbons (Fsp3) is 0.231. The molecule has 2 amide bonds. The van der Waals surface area contributed by atoms with Crippen LogP contribution in [0.2, 0.25) is 0 Å². The molecule has 0 spiro atoms. The van der Waals surface area contributed by atoms with Crippen LogP contribution in [0.25, 0.3) is 11.0 Å². The van der Waals surface area contributed by atoms with Gasteiger partial charge in [0.25, 0.3) is 17.4 Å². The molecule has 8 heteroatoms. The number of furan rings is 1. The van der Waals surface area contributed by atoms with Gasteiger partial charge in [0.05, 0.1) is 23.8 Å². The molecule has 0 atom stereocenters. The summed E-state index contributed by atoms with van der Waals surface area (Å²) in [4.78, 5) is 43.9. The van der Waals surface area contributed by atoms with Gasteiger partial charge in [-0.15, -0.1) is 0 Å². The van der Waals surface area contributed by atoms with Gasteiger partial charge >= 0.3 is 0 Å². The third-order valence-electron chi connectivity index (χ3n) is 5.70. The second-order valence-corrected chi connectivity index (χ2v) is 7.97. The molecule has 0 saturated heterocycles. The van der Waals surface area contributed by atoms with Gasteiger partial charge in [0.2, 0.25) is 0 Å². The first-order valence-corrected chi connectivity index (χ1v) is 11.0. The maximum atomic E-state index is 13.6. The first-order valence-electron chi connectivity index (χ1n) is 11.0. The summed E-state index contributed by atoms with van der Waals surface area (Å²) in [6.07, 6.45) is 1.57. The molecule has 0 aliphatic carbocycles. The van der Waals surface area contributed by atoms with Crippen LogP contribution < -0.4 is 10.9 Å². The lowest BCUT2D eigenvalue weighted by Gasteiger charge is -2.22. The Morgan fingerprint density at radius 2 is 1.79 bits per heavy atom. The smallest absolute Gasteiger partial charge is 0.272 e. The van der Waals surface area contributed by atoms with Crippen molar-refractivity contribution < 1.29 is 14.0 Å². The number of rotatable bonds is 7. The Balaban J connectivity index is 1.67. The zero-order valence-electron chi connectivity index (χ0n) is 19.4. The Bertz CT molecular complexity index is 1390. The van der Waals surface area contributed by atoms with Crippen molar-refractivity contribution in [3.8, 4) is 0 Å². The van der Waals surface area contributed by atoms with Crippen LogP contribution in [0.4, 0.5) is 0 Å². The predicted octanol–water partition coefficient (Wildman–Crippen LogP) is 3.52. The van der Waals surface area contributed by atoms with E-state index in [2.05, 4.69) is 10.3 Å². The van der Waals surface area contributed by atoms with E-state index >= 15 is 0 Å². The Hall–Kier alpha value is -4.20. The van der Waals surface area contributed by atoms with Crippen LogP contribution in [0, 0.1) is 6.92 Å². The van der Waals surface area contributed by atoms with Crippen molar-refractivity contribution in [2.24, 2.45) is 0 Å². The van der Waals surface area contributed by atoms with E-state index in [-0.39, 0.29) is 23.9 Å². The monoisotopic (exact) mass is 458 g/mol. The largest absolute Gasteiger partial charge is 0.467 e. The average Bonchev–Trinajstić information content (AvgIpc) is 3.37. The Morgan fingerprint density at radius 1 is 1.06 bits per heavy atom. The normalized spacial score (nSPS) is 10.9. The Morgan fingerprint density at radius 3 is 2.44 bits per heavy atom. The minimum Gasteiger partial charge on any atom is -0.467 e. The molecule has 0 saturated carbocycles. The highest BCUT2D eigenvalue weighted by atomic mass is 16.3. The zero-order chi connectivity index (χ0) is 24.2. The number of hydrogen-bond acceptors (Lipinski definition) is 5. The van der Waals surface area contributed by atoms with Crippen LogP contribution in [-0.4, -0.2) is 33.3 Å². The van der Waals surface area contributed by atoms with Crippen molar-refractivity contribution in [2.45, 2.75) is 33.5 Å². The van der Waals surface area contributed by atoms with Gasteiger partial charge in [-0.3, -0.25) is 14.4 Å². The Kier molecular flexibility index (Phi) is 6.58. The Labute approximate surface area is 196 Å². The summed E-state index contributed by atoms with van der Waals surface area (Å²) in [6, 6.07) is 15.9. The van der Waals surface area contributed by atoms with Gasteiger partial charge in [-0.1, -0.05) is 12.1 Å². The topological polar surface area (TPSA) is 97.4 Å².